The Balaban J connectivity index is 1.74. The third kappa shape index (κ3) is 5.25. The van der Waals surface area contributed by atoms with Gasteiger partial charge < -0.3 is 19.6 Å². The van der Waals surface area contributed by atoms with Crippen LogP contribution in [0.15, 0.2) is 18.2 Å². The van der Waals surface area contributed by atoms with Gasteiger partial charge in [-0.2, -0.15) is 0 Å². The van der Waals surface area contributed by atoms with E-state index in [2.05, 4.69) is 32.0 Å². The highest BCUT2D eigenvalue weighted by atomic mass is 16.5. The van der Waals surface area contributed by atoms with Crippen LogP contribution in [-0.4, -0.2) is 59.3 Å². The van der Waals surface area contributed by atoms with Crippen LogP contribution in [0, 0.1) is 5.92 Å². The number of carboxylic acid groups (broad SMARTS) is 1. The van der Waals surface area contributed by atoms with Crippen LogP contribution in [-0.2, 0) is 28.9 Å². The van der Waals surface area contributed by atoms with Crippen LogP contribution in [0.4, 0.5) is 4.79 Å². The average Bonchev–Trinajstić information content (AvgIpc) is 2.91. The fourth-order valence-electron chi connectivity index (χ4n) is 4.13. The molecule has 0 spiro atoms. The molecule has 1 fully saturated rings. The van der Waals surface area contributed by atoms with E-state index in [1.165, 1.54) is 35.3 Å². The van der Waals surface area contributed by atoms with Gasteiger partial charge in [-0.1, -0.05) is 38.5 Å². The van der Waals surface area contributed by atoms with Gasteiger partial charge in [0.05, 0.1) is 13.2 Å². The van der Waals surface area contributed by atoms with Gasteiger partial charge in [0.1, 0.15) is 0 Å². The third-order valence-electron chi connectivity index (χ3n) is 5.55. The van der Waals surface area contributed by atoms with Gasteiger partial charge in [0.25, 0.3) is 5.91 Å². The van der Waals surface area contributed by atoms with Crippen LogP contribution in [0.1, 0.15) is 49.8 Å². The molecule has 1 saturated heterocycles. The van der Waals surface area contributed by atoms with Crippen LogP contribution >= 0.6 is 0 Å². The molecule has 0 bridgehead atoms. The van der Waals surface area contributed by atoms with Crippen molar-refractivity contribution in [3.63, 3.8) is 0 Å². The standard InChI is InChI=1S/C22H32N2O4/c1-16(2)13-24(21(25)20-15-23(22(26)27)10-11-28-20)14-17-8-9-18-6-4-3-5-7-19(18)12-17/h8-9,12,16,20H,3-7,10-11,13-15H2,1-2H3,(H,26,27). The molecule has 1 N–H and O–H groups in total. The molecule has 1 aromatic carbocycles. The van der Waals surface area contributed by atoms with Gasteiger partial charge in [-0.05, 0) is 48.3 Å². The largest absolute Gasteiger partial charge is 0.465 e. The molecule has 3 rings (SSSR count). The minimum Gasteiger partial charge on any atom is -0.465 e. The lowest BCUT2D eigenvalue weighted by atomic mass is 9.99. The first kappa shape index (κ1) is 20.6. The van der Waals surface area contributed by atoms with Gasteiger partial charge >= 0.3 is 6.09 Å². The van der Waals surface area contributed by atoms with Crippen LogP contribution in [0.3, 0.4) is 0 Å². The van der Waals surface area contributed by atoms with E-state index in [1.807, 2.05) is 4.90 Å². The highest BCUT2D eigenvalue weighted by Crippen LogP contribution is 2.23. The first-order valence-corrected chi connectivity index (χ1v) is 10.4. The summed E-state index contributed by atoms with van der Waals surface area (Å²) in [5, 5.41) is 9.24. The number of nitrogens with zero attached hydrogens (tertiary/aromatic N) is 2. The average molecular weight is 389 g/mol. The predicted molar refractivity (Wildman–Crippen MR) is 107 cm³/mol. The molecule has 2 aliphatic rings. The summed E-state index contributed by atoms with van der Waals surface area (Å²) in [7, 11) is 0. The Bertz CT molecular complexity index is 704. The molecule has 28 heavy (non-hydrogen) atoms. The summed E-state index contributed by atoms with van der Waals surface area (Å²) in [5.41, 5.74) is 3.99. The van der Waals surface area contributed by atoms with E-state index >= 15 is 0 Å². The Hall–Kier alpha value is -2.08. The smallest absolute Gasteiger partial charge is 0.407 e. The summed E-state index contributed by atoms with van der Waals surface area (Å²) < 4.78 is 5.63. The number of hydrogen-bond donors (Lipinski definition) is 1. The van der Waals surface area contributed by atoms with Crippen molar-refractivity contribution in [2.24, 2.45) is 5.92 Å². The summed E-state index contributed by atoms with van der Waals surface area (Å²) in [6.45, 7) is 6.02. The fourth-order valence-corrected chi connectivity index (χ4v) is 4.13. The Morgan fingerprint density at radius 1 is 1.21 bits per heavy atom. The third-order valence-corrected chi connectivity index (χ3v) is 5.55. The second-order valence-electron chi connectivity index (χ2n) is 8.36. The highest BCUT2D eigenvalue weighted by molar-refractivity contribution is 5.82. The van der Waals surface area contributed by atoms with Crippen molar-refractivity contribution in [2.45, 2.75) is 58.6 Å². The van der Waals surface area contributed by atoms with E-state index in [-0.39, 0.29) is 19.1 Å². The second-order valence-corrected chi connectivity index (χ2v) is 8.36. The van der Waals surface area contributed by atoms with Gasteiger partial charge in [0, 0.05) is 19.6 Å². The number of amides is 2. The summed E-state index contributed by atoms with van der Waals surface area (Å²) >= 11 is 0. The zero-order valence-electron chi connectivity index (χ0n) is 17.0. The second kappa shape index (κ2) is 9.41. The lowest BCUT2D eigenvalue weighted by molar-refractivity contribution is -0.149. The Kier molecular flexibility index (Phi) is 6.94. The van der Waals surface area contributed by atoms with Crippen molar-refractivity contribution >= 4 is 12.0 Å². The van der Waals surface area contributed by atoms with Gasteiger partial charge in [-0.25, -0.2) is 4.79 Å². The van der Waals surface area contributed by atoms with E-state index in [9.17, 15) is 14.7 Å². The number of ether oxygens (including phenoxy) is 1. The first-order chi connectivity index (χ1) is 13.4. The first-order valence-electron chi connectivity index (χ1n) is 10.4. The van der Waals surface area contributed by atoms with Gasteiger partial charge in [0.15, 0.2) is 6.10 Å². The summed E-state index contributed by atoms with van der Waals surface area (Å²) in [5.74, 6) is 0.207. The Labute approximate surface area is 167 Å². The molecule has 1 aliphatic heterocycles. The maximum atomic E-state index is 13.1. The van der Waals surface area contributed by atoms with E-state index in [0.29, 0.717) is 25.6 Å². The number of aryl methyl sites for hydroxylation is 2. The van der Waals surface area contributed by atoms with E-state index in [0.717, 1.165) is 18.4 Å². The lowest BCUT2D eigenvalue weighted by Crippen LogP contribution is -2.52. The number of morpholine rings is 1. The zero-order chi connectivity index (χ0) is 20.1. The number of carbonyl (C=O) groups excluding carboxylic acids is 1. The molecule has 0 radical (unpaired) electrons. The number of fused-ring (bicyclic) bond motifs is 1. The molecule has 1 aromatic rings. The van der Waals surface area contributed by atoms with Crippen molar-refractivity contribution in [3.8, 4) is 0 Å². The molecule has 0 aromatic heterocycles. The maximum absolute atomic E-state index is 13.1. The normalized spacial score (nSPS) is 19.8. The van der Waals surface area contributed by atoms with Gasteiger partial charge in [-0.3, -0.25) is 4.79 Å². The quantitative estimate of drug-likeness (QED) is 0.786. The van der Waals surface area contributed by atoms with Crippen LogP contribution < -0.4 is 0 Å². The molecule has 154 valence electrons. The van der Waals surface area contributed by atoms with Crippen molar-refractivity contribution < 1.29 is 19.4 Å². The number of benzene rings is 1. The molecule has 1 heterocycles. The molecule has 1 atom stereocenters. The van der Waals surface area contributed by atoms with Gasteiger partial charge in [0.2, 0.25) is 0 Å². The predicted octanol–water partition coefficient (Wildman–Crippen LogP) is 3.32. The lowest BCUT2D eigenvalue weighted by Gasteiger charge is -2.34. The van der Waals surface area contributed by atoms with Crippen LogP contribution in [0.5, 0.6) is 0 Å². The van der Waals surface area contributed by atoms with Crippen molar-refractivity contribution in [2.75, 3.05) is 26.2 Å². The Morgan fingerprint density at radius 2 is 1.96 bits per heavy atom. The molecule has 2 amide bonds. The van der Waals surface area contributed by atoms with Gasteiger partial charge in [-0.15, -0.1) is 0 Å². The Morgan fingerprint density at radius 3 is 2.68 bits per heavy atom. The summed E-state index contributed by atoms with van der Waals surface area (Å²) in [6.07, 6.45) is 4.30. The summed E-state index contributed by atoms with van der Waals surface area (Å²) in [4.78, 5) is 27.5. The zero-order valence-corrected chi connectivity index (χ0v) is 17.0. The topological polar surface area (TPSA) is 70.1 Å². The number of carbonyl (C=O) groups is 2. The number of rotatable bonds is 5. The number of hydrogen-bond acceptors (Lipinski definition) is 3. The molecular weight excluding hydrogens is 356 g/mol. The minimum atomic E-state index is -0.998. The van der Waals surface area contributed by atoms with Crippen LogP contribution in [0.2, 0.25) is 0 Å². The minimum absolute atomic E-state index is 0.104. The molecule has 1 unspecified atom stereocenters. The fraction of sp³-hybridized carbons (Fsp3) is 0.636. The van der Waals surface area contributed by atoms with Crippen LogP contribution in [0.25, 0.3) is 0 Å². The maximum Gasteiger partial charge on any atom is 0.407 e. The van der Waals surface area contributed by atoms with Crippen molar-refractivity contribution in [1.29, 1.82) is 0 Å². The molecular formula is C22H32N2O4. The molecule has 1 aliphatic carbocycles. The van der Waals surface area contributed by atoms with E-state index in [1.54, 1.807) is 0 Å². The van der Waals surface area contributed by atoms with E-state index in [4.69, 9.17) is 4.74 Å². The molecule has 6 heteroatoms. The van der Waals surface area contributed by atoms with E-state index < -0.39 is 12.2 Å². The van der Waals surface area contributed by atoms with Crippen molar-refractivity contribution in [1.82, 2.24) is 9.80 Å². The summed E-state index contributed by atoms with van der Waals surface area (Å²) in [6, 6.07) is 6.61. The van der Waals surface area contributed by atoms with Crippen molar-refractivity contribution in [3.05, 3.63) is 34.9 Å². The molecule has 0 saturated carbocycles. The highest BCUT2D eigenvalue weighted by Gasteiger charge is 2.32. The molecule has 6 nitrogen and oxygen atoms in total. The monoisotopic (exact) mass is 388 g/mol. The SMILES string of the molecule is CC(C)CN(Cc1ccc2c(c1)CCCCC2)C(=O)C1CN(C(=O)O)CCO1.